The highest BCUT2D eigenvalue weighted by atomic mass is 32.1. The number of para-hydroxylation sites is 1. The molecule has 1 N–H and O–H groups in total. The van der Waals surface area contributed by atoms with Gasteiger partial charge in [0.2, 0.25) is 0 Å². The van der Waals surface area contributed by atoms with Crippen molar-refractivity contribution in [3.05, 3.63) is 53.6 Å². The number of aromatic nitrogens is 1. The summed E-state index contributed by atoms with van der Waals surface area (Å²) in [5.74, 6) is -1.62. The van der Waals surface area contributed by atoms with Crippen LogP contribution < -0.4 is 15.1 Å². The first kappa shape index (κ1) is 23.8. The number of hydrogen-bond acceptors (Lipinski definition) is 8. The predicted molar refractivity (Wildman–Crippen MR) is 120 cm³/mol. The number of carbonyl (C=O) groups excluding carboxylic acids is 2. The fourth-order valence-electron chi connectivity index (χ4n) is 3.47. The summed E-state index contributed by atoms with van der Waals surface area (Å²) in [6.45, 7) is 4.03. The summed E-state index contributed by atoms with van der Waals surface area (Å²) < 4.78 is 47.7. The van der Waals surface area contributed by atoms with Gasteiger partial charge in [0.25, 0.3) is 5.91 Å². The third kappa shape index (κ3) is 5.57. The van der Waals surface area contributed by atoms with E-state index in [9.17, 15) is 22.8 Å². The number of hydrazine groups is 1. The highest BCUT2D eigenvalue weighted by Gasteiger charge is 2.33. The number of benzene rings is 2. The van der Waals surface area contributed by atoms with Crippen LogP contribution in [0.1, 0.15) is 27.6 Å². The average molecular weight is 494 g/mol. The van der Waals surface area contributed by atoms with Gasteiger partial charge in [-0.25, -0.2) is 14.8 Å². The van der Waals surface area contributed by atoms with E-state index in [1.54, 1.807) is 30.1 Å². The lowest BCUT2D eigenvalue weighted by Gasteiger charge is -2.34. The maximum absolute atomic E-state index is 12.6. The third-order valence-electron chi connectivity index (χ3n) is 5.06. The number of piperazine rings is 1. The number of esters is 1. The van der Waals surface area contributed by atoms with E-state index in [0.29, 0.717) is 38.3 Å². The fourth-order valence-corrected chi connectivity index (χ4v) is 4.53. The molecule has 1 aliphatic rings. The lowest BCUT2D eigenvalue weighted by atomic mass is 10.2. The lowest BCUT2D eigenvalue weighted by molar-refractivity contribution is -0.274. The monoisotopic (exact) mass is 494 g/mol. The Kier molecular flexibility index (Phi) is 6.89. The molecule has 0 atom stereocenters. The van der Waals surface area contributed by atoms with E-state index in [1.165, 1.54) is 29.5 Å². The molecule has 0 saturated carbocycles. The molecule has 0 spiro atoms. The molecule has 8 nitrogen and oxygen atoms in total. The van der Waals surface area contributed by atoms with Crippen molar-refractivity contribution in [3.8, 4) is 5.75 Å². The molecule has 2 heterocycles. The average Bonchev–Trinajstić information content (AvgIpc) is 3.22. The number of anilines is 1. The Morgan fingerprint density at radius 2 is 1.85 bits per heavy atom. The van der Waals surface area contributed by atoms with Gasteiger partial charge >= 0.3 is 12.3 Å². The Morgan fingerprint density at radius 3 is 2.56 bits per heavy atom. The van der Waals surface area contributed by atoms with E-state index in [0.717, 1.165) is 21.4 Å². The van der Waals surface area contributed by atoms with Crippen molar-refractivity contribution in [3.63, 3.8) is 0 Å². The molecule has 34 heavy (non-hydrogen) atoms. The molecular formula is C22H21F3N4O4S. The van der Waals surface area contributed by atoms with E-state index in [4.69, 9.17) is 4.74 Å². The van der Waals surface area contributed by atoms with Crippen LogP contribution in [0.4, 0.5) is 18.3 Å². The van der Waals surface area contributed by atoms with Crippen LogP contribution >= 0.6 is 11.3 Å². The van der Waals surface area contributed by atoms with Crippen molar-refractivity contribution in [2.45, 2.75) is 13.3 Å². The summed E-state index contributed by atoms with van der Waals surface area (Å²) in [5.41, 5.74) is 3.67. The van der Waals surface area contributed by atoms with Crippen LogP contribution in [-0.2, 0) is 4.74 Å². The summed E-state index contributed by atoms with van der Waals surface area (Å²) in [7, 11) is 0. The normalized spacial score (nSPS) is 14.8. The number of fused-ring (bicyclic) bond motifs is 1. The van der Waals surface area contributed by atoms with Crippen molar-refractivity contribution >= 4 is 38.6 Å². The van der Waals surface area contributed by atoms with Crippen LogP contribution in [0.2, 0.25) is 0 Å². The molecule has 1 aromatic heterocycles. The molecule has 0 unspecified atom stereocenters. The van der Waals surface area contributed by atoms with Gasteiger partial charge in [-0.15, -0.1) is 13.2 Å². The van der Waals surface area contributed by atoms with Gasteiger partial charge in [0.05, 0.1) is 28.0 Å². The fraction of sp³-hybridized carbons (Fsp3) is 0.318. The van der Waals surface area contributed by atoms with Crippen LogP contribution in [-0.4, -0.2) is 61.0 Å². The Hall–Kier alpha value is -3.38. The molecule has 2 aromatic carbocycles. The summed E-state index contributed by atoms with van der Waals surface area (Å²) in [6, 6.07) is 10.4. The van der Waals surface area contributed by atoms with E-state index >= 15 is 0 Å². The summed E-state index contributed by atoms with van der Waals surface area (Å²) in [4.78, 5) is 31.2. The van der Waals surface area contributed by atoms with Crippen LogP contribution in [0.3, 0.4) is 0 Å². The SMILES string of the molecule is CCOC(=O)c1ccc2nc(N3CCN(NC(=O)c4ccccc4OC(F)(F)F)CC3)sc2c1. The Bertz CT molecular complexity index is 1190. The number of nitrogens with one attached hydrogen (secondary N) is 1. The van der Waals surface area contributed by atoms with Crippen LogP contribution in [0.25, 0.3) is 10.2 Å². The van der Waals surface area contributed by atoms with Gasteiger partial charge in [0.15, 0.2) is 5.13 Å². The maximum Gasteiger partial charge on any atom is 0.573 e. The smallest absolute Gasteiger partial charge is 0.462 e. The number of nitrogens with zero attached hydrogens (tertiary/aromatic N) is 3. The predicted octanol–water partition coefficient (Wildman–Crippen LogP) is 3.84. The van der Waals surface area contributed by atoms with Gasteiger partial charge in [0.1, 0.15) is 5.75 Å². The molecule has 1 saturated heterocycles. The number of thiazole rings is 1. The first-order valence-electron chi connectivity index (χ1n) is 10.5. The molecule has 0 aliphatic carbocycles. The molecule has 0 radical (unpaired) electrons. The van der Waals surface area contributed by atoms with Crippen LogP contribution in [0, 0.1) is 0 Å². The second-order valence-electron chi connectivity index (χ2n) is 7.36. The van der Waals surface area contributed by atoms with Gasteiger partial charge < -0.3 is 14.4 Å². The minimum Gasteiger partial charge on any atom is -0.462 e. The van der Waals surface area contributed by atoms with E-state index in [1.807, 2.05) is 0 Å². The molecule has 4 rings (SSSR count). The number of carbonyl (C=O) groups is 2. The zero-order valence-electron chi connectivity index (χ0n) is 18.1. The van der Waals surface area contributed by atoms with Gasteiger partial charge in [0, 0.05) is 26.2 Å². The number of hydrogen-bond donors (Lipinski definition) is 1. The third-order valence-corrected chi connectivity index (χ3v) is 6.13. The Labute approximate surface area is 196 Å². The molecule has 1 aliphatic heterocycles. The second kappa shape index (κ2) is 9.85. The van der Waals surface area contributed by atoms with Gasteiger partial charge in [-0.05, 0) is 37.3 Å². The molecule has 1 fully saturated rings. The zero-order chi connectivity index (χ0) is 24.3. The molecule has 12 heteroatoms. The molecule has 1 amide bonds. The summed E-state index contributed by atoms with van der Waals surface area (Å²) >= 11 is 1.45. The van der Waals surface area contributed by atoms with E-state index in [2.05, 4.69) is 20.0 Å². The number of halogens is 3. The van der Waals surface area contributed by atoms with Gasteiger partial charge in [-0.1, -0.05) is 23.5 Å². The van der Waals surface area contributed by atoms with Crippen molar-refractivity contribution < 1.29 is 32.2 Å². The van der Waals surface area contributed by atoms with Crippen LogP contribution in [0.15, 0.2) is 42.5 Å². The van der Waals surface area contributed by atoms with Crippen LogP contribution in [0.5, 0.6) is 5.75 Å². The Balaban J connectivity index is 1.38. The van der Waals surface area contributed by atoms with Crippen molar-refractivity contribution in [1.29, 1.82) is 0 Å². The molecule has 3 aromatic rings. The lowest BCUT2D eigenvalue weighted by Crippen LogP contribution is -2.53. The van der Waals surface area contributed by atoms with Crippen molar-refractivity contribution in [2.24, 2.45) is 0 Å². The minimum absolute atomic E-state index is 0.203. The largest absolute Gasteiger partial charge is 0.573 e. The number of alkyl halides is 3. The quantitative estimate of drug-likeness (QED) is 0.522. The zero-order valence-corrected chi connectivity index (χ0v) is 18.9. The standard InChI is InChI=1S/C22H21F3N4O4S/c1-2-32-20(31)14-7-8-16-18(13-14)34-21(26-16)28-9-11-29(12-10-28)27-19(30)15-5-3-4-6-17(15)33-22(23,24)25/h3-8,13H,2,9-12H2,1H3,(H,27,30). The molecule has 180 valence electrons. The van der Waals surface area contributed by atoms with Gasteiger partial charge in [-0.2, -0.15) is 0 Å². The first-order valence-corrected chi connectivity index (χ1v) is 11.3. The minimum atomic E-state index is -4.89. The van der Waals surface area contributed by atoms with Gasteiger partial charge in [-0.3, -0.25) is 10.2 Å². The Morgan fingerprint density at radius 1 is 1.12 bits per heavy atom. The molecular weight excluding hydrogens is 473 g/mol. The van der Waals surface area contributed by atoms with E-state index < -0.39 is 18.0 Å². The summed E-state index contributed by atoms with van der Waals surface area (Å²) in [5, 5.41) is 2.43. The summed E-state index contributed by atoms with van der Waals surface area (Å²) in [6.07, 6.45) is -4.89. The number of rotatable bonds is 6. The number of amides is 1. The van der Waals surface area contributed by atoms with Crippen molar-refractivity contribution in [1.82, 2.24) is 15.4 Å². The maximum atomic E-state index is 12.6. The number of ether oxygens (including phenoxy) is 2. The second-order valence-corrected chi connectivity index (χ2v) is 8.37. The van der Waals surface area contributed by atoms with Crippen molar-refractivity contribution in [2.75, 3.05) is 37.7 Å². The molecule has 0 bridgehead atoms. The van der Waals surface area contributed by atoms with E-state index in [-0.39, 0.29) is 11.5 Å². The highest BCUT2D eigenvalue weighted by molar-refractivity contribution is 7.22. The topological polar surface area (TPSA) is 84.0 Å². The highest BCUT2D eigenvalue weighted by Crippen LogP contribution is 2.30. The first-order chi connectivity index (χ1) is 16.2.